The lowest BCUT2D eigenvalue weighted by molar-refractivity contribution is -0.383. The maximum absolute atomic E-state index is 11.0. The number of hydrogen-bond acceptors (Lipinski definition) is 7. The molecule has 0 amide bonds. The molecule has 2 atom stereocenters. The Morgan fingerprint density at radius 2 is 2.05 bits per heavy atom. The van der Waals surface area contributed by atoms with Crippen molar-refractivity contribution in [1.29, 1.82) is 0 Å². The molecule has 2 aromatic rings. The number of non-ortho nitro benzene ring substituents is 1. The first-order valence-electron chi connectivity index (χ1n) is 6.90. The van der Waals surface area contributed by atoms with E-state index in [0.29, 0.717) is 11.2 Å². The van der Waals surface area contributed by atoms with Crippen LogP contribution in [0, 0.1) is 10.1 Å². The highest BCUT2D eigenvalue weighted by molar-refractivity contribution is 5.93. The minimum Gasteiger partial charge on any atom is -0.391 e. The quantitative estimate of drug-likeness (QED) is 0.679. The summed E-state index contributed by atoms with van der Waals surface area (Å²) in [6, 6.07) is 3.00. The van der Waals surface area contributed by atoms with Crippen molar-refractivity contribution in [3.05, 3.63) is 22.2 Å². The van der Waals surface area contributed by atoms with Crippen molar-refractivity contribution in [2.45, 2.75) is 37.8 Å². The third kappa shape index (κ3) is 2.31. The van der Waals surface area contributed by atoms with Gasteiger partial charge in [-0.1, -0.05) is 12.8 Å². The van der Waals surface area contributed by atoms with Gasteiger partial charge in [0.05, 0.1) is 22.8 Å². The maximum atomic E-state index is 11.0. The average Bonchev–Trinajstić information content (AvgIpc) is 2.95. The lowest BCUT2D eigenvalue weighted by atomic mass is 9.91. The van der Waals surface area contributed by atoms with Crippen LogP contribution in [0.4, 0.5) is 11.4 Å². The van der Waals surface area contributed by atoms with Crippen molar-refractivity contribution in [2.75, 3.05) is 11.9 Å². The standard InChI is InChI=1S/C13H16N4O4/c1-16(8-4-2-3-5-11(8)18)9-6-7-10(17(19)20)13-12(9)14-21-15-13/h6-8,11,18H,2-5H2,1H3. The maximum Gasteiger partial charge on any atom is 0.300 e. The number of fused-ring (bicyclic) bond motifs is 1. The predicted octanol–water partition coefficient (Wildman–Crippen LogP) is 1.87. The minimum absolute atomic E-state index is 0.0277. The fourth-order valence-corrected chi connectivity index (χ4v) is 2.99. The van der Waals surface area contributed by atoms with Crippen molar-refractivity contribution in [3.8, 4) is 0 Å². The molecule has 1 saturated carbocycles. The van der Waals surface area contributed by atoms with E-state index in [1.54, 1.807) is 6.07 Å². The summed E-state index contributed by atoms with van der Waals surface area (Å²) in [5, 5.41) is 28.6. The SMILES string of the molecule is CN(c1ccc([N+](=O)[O-])c2nonc12)C1CCCCC1O. The molecule has 0 spiro atoms. The van der Waals surface area contributed by atoms with Gasteiger partial charge in [0.15, 0.2) is 5.52 Å². The fourth-order valence-electron chi connectivity index (χ4n) is 2.99. The second-order valence-corrected chi connectivity index (χ2v) is 5.35. The Morgan fingerprint density at radius 1 is 1.33 bits per heavy atom. The Kier molecular flexibility index (Phi) is 3.46. The molecule has 1 aromatic heterocycles. The Balaban J connectivity index is 2.02. The van der Waals surface area contributed by atoms with Crippen LogP contribution in [0.15, 0.2) is 16.8 Å². The topological polar surface area (TPSA) is 106 Å². The van der Waals surface area contributed by atoms with E-state index in [1.807, 2.05) is 11.9 Å². The zero-order chi connectivity index (χ0) is 15.0. The zero-order valence-electron chi connectivity index (χ0n) is 11.6. The normalized spacial score (nSPS) is 22.4. The van der Waals surface area contributed by atoms with Crippen molar-refractivity contribution in [1.82, 2.24) is 10.3 Å². The molecular formula is C13H16N4O4. The second-order valence-electron chi connectivity index (χ2n) is 5.35. The smallest absolute Gasteiger partial charge is 0.300 e. The number of nitro groups is 1. The summed E-state index contributed by atoms with van der Waals surface area (Å²) >= 11 is 0. The van der Waals surface area contributed by atoms with Crippen LogP contribution in [0.25, 0.3) is 11.0 Å². The van der Waals surface area contributed by atoms with Gasteiger partial charge in [0.1, 0.15) is 0 Å². The Bertz CT molecular complexity index is 671. The molecule has 0 aliphatic heterocycles. The Labute approximate surface area is 120 Å². The summed E-state index contributed by atoms with van der Waals surface area (Å²) in [6.45, 7) is 0. The fraction of sp³-hybridized carbons (Fsp3) is 0.538. The first kappa shape index (κ1) is 13.7. The van der Waals surface area contributed by atoms with Gasteiger partial charge in [0.25, 0.3) is 0 Å². The van der Waals surface area contributed by atoms with E-state index < -0.39 is 11.0 Å². The van der Waals surface area contributed by atoms with Gasteiger partial charge in [-0.3, -0.25) is 10.1 Å². The number of aliphatic hydroxyl groups excluding tert-OH is 1. The number of benzene rings is 1. The number of likely N-dealkylation sites (N-methyl/N-ethyl adjacent to an activating group) is 1. The van der Waals surface area contributed by atoms with Crippen molar-refractivity contribution in [2.24, 2.45) is 0 Å². The first-order valence-corrected chi connectivity index (χ1v) is 6.90. The number of rotatable bonds is 3. The molecule has 1 aromatic carbocycles. The predicted molar refractivity (Wildman–Crippen MR) is 75.1 cm³/mol. The molecular weight excluding hydrogens is 276 g/mol. The number of hydrogen-bond donors (Lipinski definition) is 1. The highest BCUT2D eigenvalue weighted by atomic mass is 16.6. The molecule has 21 heavy (non-hydrogen) atoms. The van der Waals surface area contributed by atoms with E-state index >= 15 is 0 Å². The van der Waals surface area contributed by atoms with E-state index in [0.717, 1.165) is 25.7 Å². The summed E-state index contributed by atoms with van der Waals surface area (Å²) in [7, 11) is 1.86. The molecule has 0 saturated heterocycles. The number of aliphatic hydroxyl groups is 1. The van der Waals surface area contributed by atoms with Crippen LogP contribution in [0.5, 0.6) is 0 Å². The molecule has 1 fully saturated rings. The first-order chi connectivity index (χ1) is 10.1. The van der Waals surface area contributed by atoms with Gasteiger partial charge in [0, 0.05) is 13.1 Å². The van der Waals surface area contributed by atoms with Gasteiger partial charge in [-0.25, -0.2) is 4.63 Å². The zero-order valence-corrected chi connectivity index (χ0v) is 11.6. The summed E-state index contributed by atoms with van der Waals surface area (Å²) in [4.78, 5) is 12.4. The summed E-state index contributed by atoms with van der Waals surface area (Å²) in [6.07, 6.45) is 3.31. The second kappa shape index (κ2) is 5.28. The Hall–Kier alpha value is -2.22. The number of nitro benzene ring substituents is 1. The number of aromatic nitrogens is 2. The lowest BCUT2D eigenvalue weighted by Gasteiger charge is -2.36. The summed E-state index contributed by atoms with van der Waals surface area (Å²) in [5.41, 5.74) is 1.04. The van der Waals surface area contributed by atoms with Crippen LogP contribution < -0.4 is 4.90 Å². The molecule has 1 aliphatic carbocycles. The van der Waals surface area contributed by atoms with Crippen LogP contribution in [0.1, 0.15) is 25.7 Å². The Morgan fingerprint density at radius 3 is 2.76 bits per heavy atom. The molecule has 1 heterocycles. The molecule has 112 valence electrons. The molecule has 2 unspecified atom stereocenters. The van der Waals surface area contributed by atoms with Gasteiger partial charge < -0.3 is 10.0 Å². The number of anilines is 1. The van der Waals surface area contributed by atoms with Crippen LogP contribution >= 0.6 is 0 Å². The van der Waals surface area contributed by atoms with Crippen LogP contribution in [-0.4, -0.2) is 39.5 Å². The molecule has 3 rings (SSSR count). The van der Waals surface area contributed by atoms with Crippen LogP contribution in [-0.2, 0) is 0 Å². The summed E-state index contributed by atoms with van der Waals surface area (Å²) < 4.78 is 4.67. The van der Waals surface area contributed by atoms with Crippen molar-refractivity contribution in [3.63, 3.8) is 0 Å². The van der Waals surface area contributed by atoms with Gasteiger partial charge in [-0.05, 0) is 29.2 Å². The molecule has 1 aliphatic rings. The van der Waals surface area contributed by atoms with Gasteiger partial charge >= 0.3 is 5.69 Å². The van der Waals surface area contributed by atoms with E-state index in [1.165, 1.54) is 6.07 Å². The van der Waals surface area contributed by atoms with E-state index in [-0.39, 0.29) is 17.2 Å². The van der Waals surface area contributed by atoms with Crippen LogP contribution in [0.2, 0.25) is 0 Å². The average molecular weight is 292 g/mol. The monoisotopic (exact) mass is 292 g/mol. The van der Waals surface area contributed by atoms with Gasteiger partial charge in [-0.15, -0.1) is 0 Å². The molecule has 8 heteroatoms. The van der Waals surface area contributed by atoms with Crippen molar-refractivity contribution >= 4 is 22.4 Å². The molecule has 0 bridgehead atoms. The number of nitrogens with zero attached hydrogens (tertiary/aromatic N) is 4. The van der Waals surface area contributed by atoms with Crippen LogP contribution in [0.3, 0.4) is 0 Å². The minimum atomic E-state index is -0.508. The molecule has 0 radical (unpaired) electrons. The summed E-state index contributed by atoms with van der Waals surface area (Å²) in [5.74, 6) is 0. The van der Waals surface area contributed by atoms with Crippen molar-refractivity contribution < 1.29 is 14.7 Å². The molecule has 1 N–H and O–H groups in total. The third-order valence-electron chi connectivity index (χ3n) is 4.14. The third-order valence-corrected chi connectivity index (χ3v) is 4.14. The highest BCUT2D eigenvalue weighted by Crippen LogP contribution is 2.34. The van der Waals surface area contributed by atoms with Gasteiger partial charge in [0.2, 0.25) is 5.52 Å². The van der Waals surface area contributed by atoms with Gasteiger partial charge in [-0.2, -0.15) is 0 Å². The highest BCUT2D eigenvalue weighted by Gasteiger charge is 2.29. The van der Waals surface area contributed by atoms with E-state index in [2.05, 4.69) is 14.9 Å². The largest absolute Gasteiger partial charge is 0.391 e. The molecule has 8 nitrogen and oxygen atoms in total. The van der Waals surface area contributed by atoms with E-state index in [4.69, 9.17) is 0 Å². The van der Waals surface area contributed by atoms with E-state index in [9.17, 15) is 15.2 Å². The lowest BCUT2D eigenvalue weighted by Crippen LogP contribution is -2.43.